The molecule has 0 aliphatic heterocycles. The second kappa shape index (κ2) is 9.70. The Morgan fingerprint density at radius 2 is 1.68 bits per heavy atom. The van der Waals surface area contributed by atoms with Crippen LogP contribution in [0.3, 0.4) is 0 Å². The number of hydrogen-bond donors (Lipinski definition) is 2. The van der Waals surface area contributed by atoms with Gasteiger partial charge in [-0.2, -0.15) is 10.2 Å². The minimum absolute atomic E-state index is 0.0105. The molecule has 1 atom stereocenters. The number of benzene rings is 1. The summed E-state index contributed by atoms with van der Waals surface area (Å²) in [6.07, 6.45) is 3.04. The van der Waals surface area contributed by atoms with E-state index in [1.165, 1.54) is 24.4 Å². The standard InChI is InChI=1S/C24H23F2N5O3/c1-12(2)14-7-17(22-15(25)5-4-6-16(22)26)30-31-23(14)13(3)18-8-27-9-19(28-18)24-29-20(10-32)21(11-33)34-24/h4-9,12-13,32-33H,10-11H2,1-3H3. The van der Waals surface area contributed by atoms with Gasteiger partial charge < -0.3 is 14.6 Å². The number of nitrogens with zero attached hydrogens (tertiary/aromatic N) is 5. The maximum absolute atomic E-state index is 14.3. The van der Waals surface area contributed by atoms with Gasteiger partial charge in [0.2, 0.25) is 5.89 Å². The quantitative estimate of drug-likeness (QED) is 0.417. The molecule has 8 nitrogen and oxygen atoms in total. The molecule has 0 bridgehead atoms. The van der Waals surface area contributed by atoms with Gasteiger partial charge in [0, 0.05) is 12.1 Å². The Hall–Kier alpha value is -3.63. The highest BCUT2D eigenvalue weighted by Crippen LogP contribution is 2.33. The highest BCUT2D eigenvalue weighted by Gasteiger charge is 2.23. The van der Waals surface area contributed by atoms with Gasteiger partial charge >= 0.3 is 0 Å². The van der Waals surface area contributed by atoms with E-state index in [4.69, 9.17) is 4.42 Å². The van der Waals surface area contributed by atoms with Crippen LogP contribution in [0, 0.1) is 11.6 Å². The van der Waals surface area contributed by atoms with Gasteiger partial charge in [0.1, 0.15) is 29.6 Å². The third-order valence-corrected chi connectivity index (χ3v) is 5.49. The molecule has 1 aromatic carbocycles. The van der Waals surface area contributed by atoms with Crippen LogP contribution in [0.25, 0.3) is 22.8 Å². The first-order chi connectivity index (χ1) is 16.3. The van der Waals surface area contributed by atoms with Crippen molar-refractivity contribution in [2.24, 2.45) is 0 Å². The number of halogens is 2. The predicted octanol–water partition coefficient (Wildman–Crippen LogP) is 4.13. The van der Waals surface area contributed by atoms with Crippen LogP contribution in [-0.2, 0) is 13.2 Å². The van der Waals surface area contributed by atoms with Crippen LogP contribution in [-0.4, -0.2) is 35.4 Å². The van der Waals surface area contributed by atoms with E-state index >= 15 is 0 Å². The van der Waals surface area contributed by atoms with E-state index in [-0.39, 0.29) is 47.0 Å². The largest absolute Gasteiger partial charge is 0.437 e. The lowest BCUT2D eigenvalue weighted by molar-refractivity contribution is 0.233. The number of rotatable bonds is 7. The molecule has 3 aromatic heterocycles. The number of aromatic nitrogens is 5. The Balaban J connectivity index is 1.74. The number of aliphatic hydroxyl groups is 2. The molecule has 176 valence electrons. The highest BCUT2D eigenvalue weighted by atomic mass is 19.1. The Kier molecular flexibility index (Phi) is 6.71. The summed E-state index contributed by atoms with van der Waals surface area (Å²) in [7, 11) is 0. The summed E-state index contributed by atoms with van der Waals surface area (Å²) >= 11 is 0. The fraction of sp³-hybridized carbons (Fsp3) is 0.292. The monoisotopic (exact) mass is 467 g/mol. The molecule has 0 radical (unpaired) electrons. The van der Waals surface area contributed by atoms with Crippen LogP contribution >= 0.6 is 0 Å². The lowest BCUT2D eigenvalue weighted by Crippen LogP contribution is -2.10. The summed E-state index contributed by atoms with van der Waals surface area (Å²) in [5.74, 6) is -1.51. The predicted molar refractivity (Wildman–Crippen MR) is 118 cm³/mol. The SMILES string of the molecule is CC(C)c1cc(-c2c(F)cccc2F)nnc1C(C)c1cncc(-c2nc(CO)c(CO)o2)n1. The van der Waals surface area contributed by atoms with Crippen molar-refractivity contribution < 1.29 is 23.4 Å². The van der Waals surface area contributed by atoms with Gasteiger partial charge in [0.05, 0.1) is 35.4 Å². The summed E-state index contributed by atoms with van der Waals surface area (Å²) in [6, 6.07) is 5.31. The molecule has 0 saturated carbocycles. The van der Waals surface area contributed by atoms with Crippen molar-refractivity contribution in [2.75, 3.05) is 0 Å². The zero-order valence-electron chi connectivity index (χ0n) is 18.8. The molecular formula is C24H23F2N5O3. The minimum atomic E-state index is -0.709. The maximum Gasteiger partial charge on any atom is 0.247 e. The number of hydrogen-bond acceptors (Lipinski definition) is 8. The van der Waals surface area contributed by atoms with Crippen LogP contribution in [0.1, 0.15) is 61.0 Å². The Bertz CT molecular complexity index is 1280. The van der Waals surface area contributed by atoms with E-state index in [1.807, 2.05) is 20.8 Å². The van der Waals surface area contributed by atoms with Gasteiger partial charge in [-0.15, -0.1) is 0 Å². The molecule has 0 aliphatic carbocycles. The maximum atomic E-state index is 14.3. The second-order valence-corrected chi connectivity index (χ2v) is 8.08. The zero-order chi connectivity index (χ0) is 24.4. The second-order valence-electron chi connectivity index (χ2n) is 8.08. The molecule has 0 amide bonds. The first-order valence-electron chi connectivity index (χ1n) is 10.7. The first kappa shape index (κ1) is 23.5. The Morgan fingerprint density at radius 3 is 2.29 bits per heavy atom. The smallest absolute Gasteiger partial charge is 0.247 e. The molecular weight excluding hydrogens is 444 g/mol. The van der Waals surface area contributed by atoms with Crippen molar-refractivity contribution in [1.29, 1.82) is 0 Å². The molecule has 0 saturated heterocycles. The summed E-state index contributed by atoms with van der Waals surface area (Å²) < 4.78 is 34.1. The number of aliphatic hydroxyl groups excluding tert-OH is 2. The fourth-order valence-corrected chi connectivity index (χ4v) is 3.65. The average molecular weight is 467 g/mol. The van der Waals surface area contributed by atoms with E-state index in [0.717, 1.165) is 5.56 Å². The highest BCUT2D eigenvalue weighted by molar-refractivity contribution is 5.61. The van der Waals surface area contributed by atoms with Crippen LogP contribution in [0.5, 0.6) is 0 Å². The molecule has 4 aromatic rings. The molecule has 1 unspecified atom stereocenters. The van der Waals surface area contributed by atoms with E-state index in [2.05, 4.69) is 25.1 Å². The van der Waals surface area contributed by atoms with E-state index in [9.17, 15) is 19.0 Å². The van der Waals surface area contributed by atoms with Crippen molar-refractivity contribution in [3.63, 3.8) is 0 Å². The van der Waals surface area contributed by atoms with Crippen molar-refractivity contribution >= 4 is 0 Å². The molecule has 0 spiro atoms. The lowest BCUT2D eigenvalue weighted by Gasteiger charge is -2.18. The fourth-order valence-electron chi connectivity index (χ4n) is 3.65. The normalized spacial score (nSPS) is 12.4. The summed E-state index contributed by atoms with van der Waals surface area (Å²) in [6.45, 7) is 4.99. The average Bonchev–Trinajstić information content (AvgIpc) is 3.27. The molecule has 10 heteroatoms. The van der Waals surface area contributed by atoms with Crippen LogP contribution in [0.2, 0.25) is 0 Å². The van der Waals surface area contributed by atoms with Gasteiger partial charge in [-0.25, -0.2) is 18.7 Å². The summed E-state index contributed by atoms with van der Waals surface area (Å²) in [4.78, 5) is 13.0. The number of oxazole rings is 1. The van der Waals surface area contributed by atoms with Crippen LogP contribution < -0.4 is 0 Å². The molecule has 3 heterocycles. The first-order valence-corrected chi connectivity index (χ1v) is 10.7. The van der Waals surface area contributed by atoms with Gasteiger partial charge in [0.15, 0.2) is 5.76 Å². The van der Waals surface area contributed by atoms with E-state index < -0.39 is 18.2 Å². The third kappa shape index (κ3) is 4.42. The minimum Gasteiger partial charge on any atom is -0.437 e. The molecule has 0 fully saturated rings. The summed E-state index contributed by atoms with van der Waals surface area (Å²) in [5.41, 5.74) is 2.36. The lowest BCUT2D eigenvalue weighted by atomic mass is 9.92. The Labute approximate surface area is 194 Å². The van der Waals surface area contributed by atoms with Crippen molar-refractivity contribution in [3.05, 3.63) is 76.7 Å². The van der Waals surface area contributed by atoms with Crippen molar-refractivity contribution in [3.8, 4) is 22.8 Å². The van der Waals surface area contributed by atoms with Crippen LogP contribution in [0.4, 0.5) is 8.78 Å². The van der Waals surface area contributed by atoms with Crippen LogP contribution in [0.15, 0.2) is 41.1 Å². The molecule has 0 aliphatic rings. The van der Waals surface area contributed by atoms with Gasteiger partial charge in [-0.1, -0.05) is 26.8 Å². The van der Waals surface area contributed by atoms with Crippen molar-refractivity contribution in [1.82, 2.24) is 25.1 Å². The third-order valence-electron chi connectivity index (χ3n) is 5.49. The van der Waals surface area contributed by atoms with Gasteiger partial charge in [-0.05, 0) is 29.7 Å². The van der Waals surface area contributed by atoms with E-state index in [0.29, 0.717) is 17.1 Å². The topological polar surface area (TPSA) is 118 Å². The summed E-state index contributed by atoms with van der Waals surface area (Å²) in [5, 5.41) is 27.2. The molecule has 2 N–H and O–H groups in total. The van der Waals surface area contributed by atoms with Crippen molar-refractivity contribution in [2.45, 2.75) is 45.8 Å². The van der Waals surface area contributed by atoms with Gasteiger partial charge in [-0.3, -0.25) is 4.98 Å². The van der Waals surface area contributed by atoms with E-state index in [1.54, 1.807) is 12.3 Å². The zero-order valence-corrected chi connectivity index (χ0v) is 18.8. The van der Waals surface area contributed by atoms with Gasteiger partial charge in [0.25, 0.3) is 0 Å². The molecule has 4 rings (SSSR count). The Morgan fingerprint density at radius 1 is 0.941 bits per heavy atom. The molecule has 34 heavy (non-hydrogen) atoms.